The maximum atomic E-state index is 11.5. The fourth-order valence-corrected chi connectivity index (χ4v) is 5.34. The maximum Gasteiger partial charge on any atom is 0.412 e. The minimum Gasteiger partial charge on any atom is -0.494 e. The number of nitrogens with one attached hydrogen (secondary N) is 3. The number of hydrogen-bond donors (Lipinski definition) is 6. The van der Waals surface area contributed by atoms with Crippen LogP contribution in [0.5, 0.6) is 5.75 Å². The van der Waals surface area contributed by atoms with E-state index in [2.05, 4.69) is 38.5 Å². The SMILES string of the molecule is C=Nc1cc(C=O)cc(OC)c1N(C/C=C/CNc1ccc(C(N)=O)cc1N)CNC.CCn1nc(C)cc1C=O.CN.COCCc1ccc(NC(=O)OC(C)(C)C)cc1. The van der Waals surface area contributed by atoms with Crippen molar-refractivity contribution in [2.45, 2.75) is 53.2 Å². The molecule has 0 spiro atoms. The molecule has 0 atom stereocenters. The van der Waals surface area contributed by atoms with Gasteiger partial charge in [-0.25, -0.2) is 4.79 Å². The molecule has 332 valence electrons. The van der Waals surface area contributed by atoms with Crippen LogP contribution in [0.1, 0.15) is 70.2 Å². The Balaban J connectivity index is 0.000000518. The second kappa shape index (κ2) is 28.0. The first-order chi connectivity index (χ1) is 29.1. The number of primary amides is 1. The zero-order valence-corrected chi connectivity index (χ0v) is 36.9. The molecule has 4 rings (SSSR count). The highest BCUT2D eigenvalue weighted by Gasteiger charge is 2.18. The molecule has 61 heavy (non-hydrogen) atoms. The summed E-state index contributed by atoms with van der Waals surface area (Å²) in [6.07, 6.45) is 5.94. The van der Waals surface area contributed by atoms with Gasteiger partial charge in [0.15, 0.2) is 6.29 Å². The van der Waals surface area contributed by atoms with Gasteiger partial charge in [-0.1, -0.05) is 24.3 Å². The van der Waals surface area contributed by atoms with Gasteiger partial charge in [0.05, 0.1) is 43.1 Å². The van der Waals surface area contributed by atoms with E-state index in [1.807, 2.05) is 83.0 Å². The molecule has 0 radical (unpaired) electrons. The molecular formula is C44H64N10O7. The van der Waals surface area contributed by atoms with Crippen LogP contribution in [0, 0.1) is 6.92 Å². The van der Waals surface area contributed by atoms with Crippen molar-refractivity contribution in [2.24, 2.45) is 16.5 Å². The van der Waals surface area contributed by atoms with Gasteiger partial charge in [0.2, 0.25) is 5.91 Å². The number of ether oxygens (including phenoxy) is 3. The molecule has 1 aromatic heterocycles. The Bertz CT molecular complexity index is 2010. The molecule has 0 aliphatic carbocycles. The molecule has 1 heterocycles. The van der Waals surface area contributed by atoms with Gasteiger partial charge < -0.3 is 46.9 Å². The number of aryl methyl sites for hydroxylation is 2. The maximum absolute atomic E-state index is 11.5. The highest BCUT2D eigenvalue weighted by Crippen LogP contribution is 2.38. The number of aromatic nitrogens is 2. The lowest BCUT2D eigenvalue weighted by Gasteiger charge is -2.26. The van der Waals surface area contributed by atoms with Crippen LogP contribution in [0.3, 0.4) is 0 Å². The molecule has 0 unspecified atom stereocenters. The number of carbonyl (C=O) groups excluding carboxylic acids is 4. The molecule has 2 amide bonds. The second-order valence-electron chi connectivity index (χ2n) is 13.8. The summed E-state index contributed by atoms with van der Waals surface area (Å²) in [4.78, 5) is 50.4. The Morgan fingerprint density at radius 3 is 2.20 bits per heavy atom. The van der Waals surface area contributed by atoms with Crippen LogP contribution in [-0.2, 0) is 22.4 Å². The van der Waals surface area contributed by atoms with E-state index in [1.165, 1.54) is 12.6 Å². The fourth-order valence-electron chi connectivity index (χ4n) is 5.34. The summed E-state index contributed by atoms with van der Waals surface area (Å²) in [6.45, 7) is 16.0. The van der Waals surface area contributed by atoms with E-state index in [-0.39, 0.29) is 0 Å². The minimum absolute atomic E-state index is 0.363. The number of amides is 2. The Morgan fingerprint density at radius 1 is 1.00 bits per heavy atom. The number of nitrogens with zero attached hydrogens (tertiary/aromatic N) is 4. The summed E-state index contributed by atoms with van der Waals surface area (Å²) in [5, 5.41) is 13.1. The molecule has 0 fully saturated rings. The van der Waals surface area contributed by atoms with Crippen LogP contribution in [-0.4, -0.2) is 101 Å². The van der Waals surface area contributed by atoms with Gasteiger partial charge in [-0.2, -0.15) is 5.10 Å². The first-order valence-corrected chi connectivity index (χ1v) is 19.4. The number of nitrogens with two attached hydrogens (primary N) is 3. The predicted octanol–water partition coefficient (Wildman–Crippen LogP) is 5.99. The number of methoxy groups -OCH3 is 2. The molecular weight excluding hydrogens is 781 g/mol. The Labute approximate surface area is 359 Å². The summed E-state index contributed by atoms with van der Waals surface area (Å²) < 4.78 is 17.3. The van der Waals surface area contributed by atoms with Gasteiger partial charge in [0.25, 0.3) is 0 Å². The number of aliphatic imine (C=N–C) groups is 1. The van der Waals surface area contributed by atoms with Crippen LogP contribution in [0.25, 0.3) is 0 Å². The van der Waals surface area contributed by atoms with E-state index in [1.54, 1.807) is 55.3 Å². The molecule has 4 aromatic rings. The third kappa shape index (κ3) is 18.9. The molecule has 0 bridgehead atoms. The Morgan fingerprint density at radius 2 is 1.69 bits per heavy atom. The molecule has 0 aliphatic rings. The fraction of sp³-hybridized carbons (Fsp3) is 0.364. The van der Waals surface area contributed by atoms with Gasteiger partial charge in [0.1, 0.15) is 29.0 Å². The van der Waals surface area contributed by atoms with Crippen molar-refractivity contribution in [1.82, 2.24) is 15.1 Å². The molecule has 3 aromatic carbocycles. The Kier molecular flexibility index (Phi) is 24.1. The molecule has 17 heteroatoms. The largest absolute Gasteiger partial charge is 0.494 e. The van der Waals surface area contributed by atoms with Crippen molar-refractivity contribution >= 4 is 59.7 Å². The van der Waals surface area contributed by atoms with Crippen molar-refractivity contribution < 1.29 is 33.4 Å². The van der Waals surface area contributed by atoms with Gasteiger partial charge in [-0.3, -0.25) is 29.4 Å². The van der Waals surface area contributed by atoms with E-state index in [9.17, 15) is 19.2 Å². The van der Waals surface area contributed by atoms with Gasteiger partial charge in [-0.05, 0) is 116 Å². The highest BCUT2D eigenvalue weighted by molar-refractivity contribution is 5.95. The lowest BCUT2D eigenvalue weighted by atomic mass is 10.1. The summed E-state index contributed by atoms with van der Waals surface area (Å²) >= 11 is 0. The Hall–Kier alpha value is -6.56. The third-order valence-electron chi connectivity index (χ3n) is 8.06. The highest BCUT2D eigenvalue weighted by atomic mass is 16.6. The van der Waals surface area contributed by atoms with E-state index >= 15 is 0 Å². The quantitative estimate of drug-likeness (QED) is 0.0222. The molecule has 0 saturated heterocycles. The standard InChI is InChI=1S/C22H28N6O3.C14H21NO3.C7H10N2O.CH5N/c1-25-14-28(21-19(26-2)10-15(13-29)11-20(21)31-3)9-5-4-8-27-18-7-6-16(22(24)30)12-17(18)23;1-14(2,3)18-13(16)15-12-7-5-11(6-8-12)9-10-17-4;1-3-9-7(5-10)4-6(2)8-9;1-2/h4-7,10-13,25,27H,2,8-9,14,23H2,1,3H3,(H2,24,30);5-8H,9-10H2,1-4H3,(H,15,16);4-5H,3H2,1-2H3;2H2,1H3/b5-4+;;;. The van der Waals surface area contributed by atoms with E-state index < -0.39 is 17.6 Å². The third-order valence-corrected chi connectivity index (χ3v) is 8.06. The second-order valence-corrected chi connectivity index (χ2v) is 13.8. The van der Waals surface area contributed by atoms with Gasteiger partial charge in [0, 0.05) is 43.6 Å². The number of aldehydes is 2. The topological polar surface area (TPSA) is 244 Å². The summed E-state index contributed by atoms with van der Waals surface area (Å²) in [5.41, 5.74) is 22.0. The van der Waals surface area contributed by atoms with Crippen molar-refractivity contribution in [3.63, 3.8) is 0 Å². The summed E-state index contributed by atoms with van der Waals surface area (Å²) in [6, 6.07) is 17.6. The normalized spacial score (nSPS) is 10.4. The zero-order valence-electron chi connectivity index (χ0n) is 36.9. The molecule has 0 aliphatic heterocycles. The molecule has 9 N–H and O–H groups in total. The number of anilines is 4. The monoisotopic (exact) mass is 844 g/mol. The summed E-state index contributed by atoms with van der Waals surface area (Å²) in [5.74, 6) is 0.0175. The van der Waals surface area contributed by atoms with Crippen molar-refractivity contribution in [3.05, 3.63) is 101 Å². The van der Waals surface area contributed by atoms with Crippen molar-refractivity contribution in [1.29, 1.82) is 0 Å². The van der Waals surface area contributed by atoms with Gasteiger partial charge >= 0.3 is 6.09 Å². The molecule has 0 saturated carbocycles. The number of benzene rings is 3. The van der Waals surface area contributed by atoms with Crippen LogP contribution in [0.15, 0.2) is 77.8 Å². The average Bonchev–Trinajstić information content (AvgIpc) is 3.62. The van der Waals surface area contributed by atoms with Crippen LogP contribution >= 0.6 is 0 Å². The number of nitrogen functional groups attached to an aromatic ring is 1. The van der Waals surface area contributed by atoms with E-state index in [4.69, 9.17) is 25.7 Å². The summed E-state index contributed by atoms with van der Waals surface area (Å²) in [7, 11) is 6.56. The van der Waals surface area contributed by atoms with Gasteiger partial charge in [-0.15, -0.1) is 0 Å². The first kappa shape index (κ1) is 52.5. The van der Waals surface area contributed by atoms with Crippen LogP contribution in [0.2, 0.25) is 0 Å². The predicted molar refractivity (Wildman–Crippen MR) is 246 cm³/mol. The van der Waals surface area contributed by atoms with E-state index in [0.717, 1.165) is 42.6 Å². The number of carbonyl (C=O) groups is 4. The lowest BCUT2D eigenvalue weighted by Crippen LogP contribution is -2.33. The van der Waals surface area contributed by atoms with Crippen molar-refractivity contribution in [3.8, 4) is 5.75 Å². The van der Waals surface area contributed by atoms with Crippen LogP contribution < -0.4 is 42.8 Å². The smallest absolute Gasteiger partial charge is 0.412 e. The zero-order chi connectivity index (χ0) is 46.0. The van der Waals surface area contributed by atoms with E-state index in [0.29, 0.717) is 66.0 Å². The average molecular weight is 845 g/mol. The molecule has 17 nitrogen and oxygen atoms in total. The van der Waals surface area contributed by atoms with Crippen LogP contribution in [0.4, 0.5) is 33.2 Å². The first-order valence-electron chi connectivity index (χ1n) is 19.4. The minimum atomic E-state index is -0.521. The lowest BCUT2D eigenvalue weighted by molar-refractivity contribution is 0.0635. The van der Waals surface area contributed by atoms with Crippen molar-refractivity contribution in [2.75, 3.05) is 75.9 Å². The number of hydrogen-bond acceptors (Lipinski definition) is 14. The number of rotatable bonds is 18.